The van der Waals surface area contributed by atoms with Crippen LogP contribution in [0.3, 0.4) is 0 Å². The smallest absolute Gasteiger partial charge is 0.417 e. The second kappa shape index (κ2) is 8.17. The molecule has 140 valence electrons. The van der Waals surface area contributed by atoms with Gasteiger partial charge in [0.1, 0.15) is 18.1 Å². The normalized spacial score (nSPS) is 11.8. The number of para-hydroxylation sites is 1. The van der Waals surface area contributed by atoms with Crippen molar-refractivity contribution < 1.29 is 31.1 Å². The Kier molecular flexibility index (Phi) is 6.19. The van der Waals surface area contributed by atoms with Crippen LogP contribution in [0.25, 0.3) is 0 Å². The maximum Gasteiger partial charge on any atom is 0.417 e. The number of carbonyl (C=O) groups is 1. The monoisotopic (exact) mass is 388 g/mol. The first-order valence-electron chi connectivity index (χ1n) is 7.39. The van der Waals surface area contributed by atoms with Gasteiger partial charge in [0.05, 0.1) is 12.1 Å². The van der Waals surface area contributed by atoms with Gasteiger partial charge < -0.3 is 10.1 Å². The molecule has 1 amide bonds. The Bertz CT molecular complexity index is 838. The van der Waals surface area contributed by atoms with Crippen LogP contribution in [0.2, 0.25) is 0 Å². The summed E-state index contributed by atoms with van der Waals surface area (Å²) in [6, 6.07) is 10.1. The summed E-state index contributed by atoms with van der Waals surface area (Å²) in [6.07, 6.45) is -4.20. The van der Waals surface area contributed by atoms with Crippen molar-refractivity contribution in [3.63, 3.8) is 0 Å². The van der Waals surface area contributed by atoms with E-state index in [1.165, 1.54) is 0 Å². The lowest BCUT2D eigenvalue weighted by Gasteiger charge is -2.09. The summed E-state index contributed by atoms with van der Waals surface area (Å²) < 4.78 is 66.7. The summed E-state index contributed by atoms with van der Waals surface area (Å²) in [5.74, 6) is -1.12. The summed E-state index contributed by atoms with van der Waals surface area (Å²) >= 11 is 0. The number of alkyl halides is 3. The van der Waals surface area contributed by atoms with Gasteiger partial charge in [-0.25, -0.2) is 13.4 Å². The average Bonchev–Trinajstić information content (AvgIpc) is 2.59. The van der Waals surface area contributed by atoms with Crippen LogP contribution >= 0.6 is 0 Å². The number of aromatic nitrogens is 1. The van der Waals surface area contributed by atoms with Crippen molar-refractivity contribution in [1.82, 2.24) is 10.3 Å². The summed E-state index contributed by atoms with van der Waals surface area (Å²) in [7, 11) is -4.14. The van der Waals surface area contributed by atoms with Crippen molar-refractivity contribution >= 4 is 15.7 Å². The van der Waals surface area contributed by atoms with E-state index in [2.05, 4.69) is 10.3 Å². The van der Waals surface area contributed by atoms with Crippen molar-refractivity contribution in [1.29, 1.82) is 0 Å². The topological polar surface area (TPSA) is 85.4 Å². The highest BCUT2D eigenvalue weighted by Gasteiger charge is 2.31. The number of hydrogen-bond acceptors (Lipinski definition) is 5. The Morgan fingerprint density at radius 2 is 1.81 bits per heavy atom. The highest BCUT2D eigenvalue weighted by Crippen LogP contribution is 2.28. The van der Waals surface area contributed by atoms with Gasteiger partial charge in [0.2, 0.25) is 15.7 Å². The molecule has 1 aromatic carbocycles. The van der Waals surface area contributed by atoms with Crippen molar-refractivity contribution in [3.05, 3.63) is 54.2 Å². The van der Waals surface area contributed by atoms with Crippen LogP contribution in [0.5, 0.6) is 5.75 Å². The SMILES string of the molecule is O=C(CS(=O)(=O)c1ccc(C(F)(F)F)cn1)NCCOc1ccccc1. The number of carbonyl (C=O) groups excluding carboxylic acids is 1. The number of hydrogen-bond donors (Lipinski definition) is 1. The molecule has 0 atom stereocenters. The standard InChI is InChI=1S/C16H15F3N2O4S/c17-16(18,19)12-6-7-15(21-10-12)26(23,24)11-14(22)20-8-9-25-13-4-2-1-3-5-13/h1-7,10H,8-9,11H2,(H,20,22). The molecule has 2 rings (SSSR count). The van der Waals surface area contributed by atoms with Gasteiger partial charge in [0, 0.05) is 6.20 Å². The third-order valence-electron chi connectivity index (χ3n) is 3.14. The molecule has 0 unspecified atom stereocenters. The maximum atomic E-state index is 12.5. The number of benzene rings is 1. The summed E-state index contributed by atoms with van der Waals surface area (Å²) in [5, 5.41) is 1.77. The predicted octanol–water partition coefficient (Wildman–Crippen LogP) is 2.07. The van der Waals surface area contributed by atoms with Gasteiger partial charge >= 0.3 is 6.18 Å². The van der Waals surface area contributed by atoms with E-state index in [9.17, 15) is 26.4 Å². The third kappa shape index (κ3) is 5.73. The molecule has 10 heteroatoms. The highest BCUT2D eigenvalue weighted by atomic mass is 32.2. The second-order valence-corrected chi connectivity index (χ2v) is 7.09. The minimum Gasteiger partial charge on any atom is -0.492 e. The minimum atomic E-state index is -4.62. The lowest BCUT2D eigenvalue weighted by atomic mass is 10.3. The quantitative estimate of drug-likeness (QED) is 0.734. The molecule has 0 aliphatic carbocycles. The largest absolute Gasteiger partial charge is 0.492 e. The number of pyridine rings is 1. The lowest BCUT2D eigenvalue weighted by molar-refractivity contribution is -0.137. The van der Waals surface area contributed by atoms with Crippen LogP contribution in [-0.4, -0.2) is 38.2 Å². The van der Waals surface area contributed by atoms with Crippen molar-refractivity contribution in [2.24, 2.45) is 0 Å². The van der Waals surface area contributed by atoms with E-state index in [0.29, 0.717) is 18.0 Å². The molecule has 1 heterocycles. The van der Waals surface area contributed by atoms with Crippen molar-refractivity contribution in [2.45, 2.75) is 11.2 Å². The number of amides is 1. The number of sulfone groups is 1. The second-order valence-electron chi connectivity index (χ2n) is 5.15. The Labute approximate surface area is 147 Å². The molecule has 1 N–H and O–H groups in total. The first kappa shape index (κ1) is 19.7. The van der Waals surface area contributed by atoms with Crippen molar-refractivity contribution in [2.75, 3.05) is 18.9 Å². The van der Waals surface area contributed by atoms with Gasteiger partial charge in [-0.3, -0.25) is 4.79 Å². The molecular weight excluding hydrogens is 373 g/mol. The van der Waals surface area contributed by atoms with Crippen LogP contribution < -0.4 is 10.1 Å². The zero-order valence-electron chi connectivity index (χ0n) is 13.4. The number of ether oxygens (including phenoxy) is 1. The van der Waals surface area contributed by atoms with E-state index >= 15 is 0 Å². The molecule has 0 saturated heterocycles. The van der Waals surface area contributed by atoms with E-state index in [1.807, 2.05) is 6.07 Å². The fourth-order valence-electron chi connectivity index (χ4n) is 1.91. The van der Waals surface area contributed by atoms with Crippen LogP contribution in [0.15, 0.2) is 53.7 Å². The minimum absolute atomic E-state index is 0.0731. The molecule has 26 heavy (non-hydrogen) atoms. The van der Waals surface area contributed by atoms with Crippen LogP contribution in [0, 0.1) is 0 Å². The summed E-state index contributed by atoms with van der Waals surface area (Å²) in [6.45, 7) is 0.206. The van der Waals surface area contributed by atoms with Gasteiger partial charge in [-0.2, -0.15) is 13.2 Å². The highest BCUT2D eigenvalue weighted by molar-refractivity contribution is 7.92. The van der Waals surface area contributed by atoms with Gasteiger partial charge in [-0.05, 0) is 24.3 Å². The van der Waals surface area contributed by atoms with Crippen LogP contribution in [0.1, 0.15) is 5.56 Å². The molecular formula is C16H15F3N2O4S. The lowest BCUT2D eigenvalue weighted by Crippen LogP contribution is -2.33. The first-order chi connectivity index (χ1) is 12.2. The molecule has 0 saturated carbocycles. The van der Waals surface area contributed by atoms with Crippen LogP contribution in [0.4, 0.5) is 13.2 Å². The van der Waals surface area contributed by atoms with Crippen molar-refractivity contribution in [3.8, 4) is 5.75 Å². The molecule has 0 radical (unpaired) electrons. The number of rotatable bonds is 7. The molecule has 0 fully saturated rings. The molecule has 0 aliphatic heterocycles. The van der Waals surface area contributed by atoms with Gasteiger partial charge in [0.25, 0.3) is 0 Å². The Hall–Kier alpha value is -2.62. The van der Waals surface area contributed by atoms with Gasteiger partial charge in [0.15, 0.2) is 5.03 Å². The molecule has 6 nitrogen and oxygen atoms in total. The Morgan fingerprint density at radius 1 is 1.12 bits per heavy atom. The molecule has 0 bridgehead atoms. The average molecular weight is 388 g/mol. The zero-order chi connectivity index (χ0) is 19.2. The van der Waals surface area contributed by atoms with E-state index in [4.69, 9.17) is 4.74 Å². The summed E-state index contributed by atoms with van der Waals surface area (Å²) in [4.78, 5) is 15.0. The molecule has 0 aliphatic rings. The molecule has 2 aromatic rings. The number of halogens is 3. The number of nitrogens with one attached hydrogen (secondary N) is 1. The van der Waals surface area contributed by atoms with E-state index in [0.717, 1.165) is 6.07 Å². The van der Waals surface area contributed by atoms with Crippen LogP contribution in [-0.2, 0) is 20.8 Å². The fourth-order valence-corrected chi connectivity index (χ4v) is 2.99. The van der Waals surface area contributed by atoms with E-state index in [-0.39, 0.29) is 13.2 Å². The zero-order valence-corrected chi connectivity index (χ0v) is 14.2. The van der Waals surface area contributed by atoms with E-state index < -0.39 is 38.3 Å². The maximum absolute atomic E-state index is 12.5. The predicted molar refractivity (Wildman–Crippen MR) is 86.2 cm³/mol. The third-order valence-corrected chi connectivity index (χ3v) is 4.66. The molecule has 1 aromatic heterocycles. The molecule has 0 spiro atoms. The van der Waals surface area contributed by atoms with Gasteiger partial charge in [-0.15, -0.1) is 0 Å². The van der Waals surface area contributed by atoms with E-state index in [1.54, 1.807) is 24.3 Å². The van der Waals surface area contributed by atoms with Gasteiger partial charge in [-0.1, -0.05) is 18.2 Å². The summed E-state index contributed by atoms with van der Waals surface area (Å²) in [5.41, 5.74) is -1.07. The first-order valence-corrected chi connectivity index (χ1v) is 9.04. The Morgan fingerprint density at radius 3 is 2.38 bits per heavy atom. The Balaban J connectivity index is 1.85. The fraction of sp³-hybridized carbons (Fsp3) is 0.250. The number of nitrogens with zero attached hydrogens (tertiary/aromatic N) is 1.